The van der Waals surface area contributed by atoms with E-state index in [9.17, 15) is 0 Å². The monoisotopic (exact) mass is 259 g/mol. The Bertz CT molecular complexity index is 576. The second-order valence-electron chi connectivity index (χ2n) is 4.86. The van der Waals surface area contributed by atoms with Gasteiger partial charge in [-0.05, 0) is 37.5 Å². The number of nitrogens with one attached hydrogen (secondary N) is 1. The molecule has 0 unspecified atom stereocenters. The van der Waals surface area contributed by atoms with E-state index in [1.54, 1.807) is 7.11 Å². The first kappa shape index (κ1) is 12.2. The van der Waals surface area contributed by atoms with Gasteiger partial charge < -0.3 is 14.6 Å². The van der Waals surface area contributed by atoms with Gasteiger partial charge in [0.2, 0.25) is 0 Å². The lowest BCUT2D eigenvalue weighted by Crippen LogP contribution is -2.16. The van der Waals surface area contributed by atoms with Crippen LogP contribution in [0.1, 0.15) is 24.2 Å². The SMILES string of the molecule is COc1cc(-c2nc(CNC3CC3)no2)ccc1C. The van der Waals surface area contributed by atoms with Crippen LogP contribution in [0.4, 0.5) is 0 Å². The molecule has 1 aliphatic rings. The maximum atomic E-state index is 5.30. The highest BCUT2D eigenvalue weighted by atomic mass is 16.5. The Kier molecular flexibility index (Phi) is 3.21. The predicted octanol–water partition coefficient (Wildman–Crippen LogP) is 2.31. The minimum absolute atomic E-state index is 0.533. The summed E-state index contributed by atoms with van der Waals surface area (Å²) in [6.07, 6.45) is 2.50. The van der Waals surface area contributed by atoms with E-state index in [-0.39, 0.29) is 0 Å². The van der Waals surface area contributed by atoms with E-state index in [2.05, 4.69) is 15.5 Å². The largest absolute Gasteiger partial charge is 0.496 e. The smallest absolute Gasteiger partial charge is 0.258 e. The molecule has 0 aliphatic heterocycles. The average Bonchev–Trinajstić information content (AvgIpc) is 3.14. The van der Waals surface area contributed by atoms with Crippen molar-refractivity contribution in [3.05, 3.63) is 29.6 Å². The third kappa shape index (κ3) is 2.76. The van der Waals surface area contributed by atoms with Crippen molar-refractivity contribution in [2.45, 2.75) is 32.4 Å². The molecule has 5 nitrogen and oxygen atoms in total. The Labute approximate surface area is 112 Å². The van der Waals surface area contributed by atoms with Crippen LogP contribution >= 0.6 is 0 Å². The van der Waals surface area contributed by atoms with E-state index in [1.165, 1.54) is 12.8 Å². The molecule has 1 aromatic heterocycles. The standard InChI is InChI=1S/C14H17N3O2/c1-9-3-4-10(7-12(9)18-2)14-16-13(17-19-14)8-15-11-5-6-11/h3-4,7,11,15H,5-6,8H2,1-2H3. The predicted molar refractivity (Wildman–Crippen MR) is 70.9 cm³/mol. The number of nitrogens with zero attached hydrogens (tertiary/aromatic N) is 2. The summed E-state index contributed by atoms with van der Waals surface area (Å²) >= 11 is 0. The molecule has 100 valence electrons. The number of aromatic nitrogens is 2. The molecule has 0 bridgehead atoms. The molecule has 1 aliphatic carbocycles. The van der Waals surface area contributed by atoms with E-state index in [4.69, 9.17) is 9.26 Å². The van der Waals surface area contributed by atoms with Crippen LogP contribution in [0.2, 0.25) is 0 Å². The zero-order valence-corrected chi connectivity index (χ0v) is 11.1. The van der Waals surface area contributed by atoms with E-state index in [0.717, 1.165) is 16.9 Å². The molecule has 0 radical (unpaired) electrons. The van der Waals surface area contributed by atoms with Crippen LogP contribution in [-0.2, 0) is 6.54 Å². The van der Waals surface area contributed by atoms with Gasteiger partial charge in [0.1, 0.15) is 5.75 Å². The molecule has 0 amide bonds. The molecule has 1 aromatic carbocycles. The summed E-state index contributed by atoms with van der Waals surface area (Å²) in [5.74, 6) is 2.06. The van der Waals surface area contributed by atoms with Crippen LogP contribution in [0.15, 0.2) is 22.7 Å². The van der Waals surface area contributed by atoms with Crippen LogP contribution < -0.4 is 10.1 Å². The van der Waals surface area contributed by atoms with Gasteiger partial charge in [-0.25, -0.2) is 0 Å². The highest BCUT2D eigenvalue weighted by molar-refractivity contribution is 5.57. The number of ether oxygens (including phenoxy) is 1. The molecule has 1 N–H and O–H groups in total. The Morgan fingerprint density at radius 2 is 2.26 bits per heavy atom. The van der Waals surface area contributed by atoms with E-state index in [1.807, 2.05) is 25.1 Å². The second kappa shape index (κ2) is 5.01. The van der Waals surface area contributed by atoms with E-state index in [0.29, 0.717) is 24.3 Å². The molecular formula is C14H17N3O2. The van der Waals surface area contributed by atoms with Crippen molar-refractivity contribution < 1.29 is 9.26 Å². The van der Waals surface area contributed by atoms with Crippen molar-refractivity contribution in [2.75, 3.05) is 7.11 Å². The maximum Gasteiger partial charge on any atom is 0.258 e. The lowest BCUT2D eigenvalue weighted by Gasteiger charge is -2.04. The van der Waals surface area contributed by atoms with Gasteiger partial charge in [0.15, 0.2) is 5.82 Å². The van der Waals surface area contributed by atoms with Gasteiger partial charge in [0, 0.05) is 11.6 Å². The Hall–Kier alpha value is -1.88. The topological polar surface area (TPSA) is 60.2 Å². The second-order valence-corrected chi connectivity index (χ2v) is 4.86. The fraction of sp³-hybridized carbons (Fsp3) is 0.429. The number of hydrogen-bond donors (Lipinski definition) is 1. The van der Waals surface area contributed by atoms with Crippen molar-refractivity contribution in [2.24, 2.45) is 0 Å². The number of methoxy groups -OCH3 is 1. The number of aryl methyl sites for hydroxylation is 1. The molecular weight excluding hydrogens is 242 g/mol. The summed E-state index contributed by atoms with van der Waals surface area (Å²) in [5.41, 5.74) is 1.97. The van der Waals surface area contributed by atoms with Crippen LogP contribution in [0, 0.1) is 6.92 Å². The summed E-state index contributed by atoms with van der Waals surface area (Å²) in [5, 5.41) is 7.34. The van der Waals surface area contributed by atoms with Crippen LogP contribution in [0.25, 0.3) is 11.5 Å². The quantitative estimate of drug-likeness (QED) is 0.892. The van der Waals surface area contributed by atoms with Crippen LogP contribution in [-0.4, -0.2) is 23.3 Å². The van der Waals surface area contributed by atoms with Gasteiger partial charge in [0.25, 0.3) is 5.89 Å². The third-order valence-corrected chi connectivity index (χ3v) is 3.25. The van der Waals surface area contributed by atoms with E-state index < -0.39 is 0 Å². The third-order valence-electron chi connectivity index (χ3n) is 3.25. The van der Waals surface area contributed by atoms with Gasteiger partial charge >= 0.3 is 0 Å². The summed E-state index contributed by atoms with van der Waals surface area (Å²) in [7, 11) is 1.66. The number of rotatable bonds is 5. The lowest BCUT2D eigenvalue weighted by atomic mass is 10.1. The molecule has 3 rings (SSSR count). The van der Waals surface area contributed by atoms with Crippen molar-refractivity contribution >= 4 is 0 Å². The summed E-state index contributed by atoms with van der Waals surface area (Å²) in [6.45, 7) is 2.67. The van der Waals surface area contributed by atoms with Crippen molar-refractivity contribution in [3.8, 4) is 17.2 Å². The first-order valence-corrected chi connectivity index (χ1v) is 6.47. The molecule has 19 heavy (non-hydrogen) atoms. The lowest BCUT2D eigenvalue weighted by molar-refractivity contribution is 0.409. The molecule has 2 aromatic rings. The maximum absolute atomic E-state index is 5.30. The Morgan fingerprint density at radius 1 is 1.42 bits per heavy atom. The molecule has 5 heteroatoms. The molecule has 1 fully saturated rings. The van der Waals surface area contributed by atoms with Gasteiger partial charge in [-0.3, -0.25) is 0 Å². The molecule has 1 saturated carbocycles. The van der Waals surface area contributed by atoms with E-state index >= 15 is 0 Å². The van der Waals surface area contributed by atoms with Gasteiger partial charge in [-0.2, -0.15) is 4.98 Å². The van der Waals surface area contributed by atoms with Crippen molar-refractivity contribution in [3.63, 3.8) is 0 Å². The van der Waals surface area contributed by atoms with Crippen molar-refractivity contribution in [1.82, 2.24) is 15.5 Å². The first-order chi connectivity index (χ1) is 9.26. The van der Waals surface area contributed by atoms with Gasteiger partial charge in [-0.15, -0.1) is 0 Å². The van der Waals surface area contributed by atoms with Gasteiger partial charge in [-0.1, -0.05) is 11.2 Å². The van der Waals surface area contributed by atoms with Crippen molar-refractivity contribution in [1.29, 1.82) is 0 Å². The zero-order chi connectivity index (χ0) is 13.2. The summed E-state index contributed by atoms with van der Waals surface area (Å²) < 4.78 is 10.6. The van der Waals surface area contributed by atoms with Crippen LogP contribution in [0.5, 0.6) is 5.75 Å². The summed E-state index contributed by atoms with van der Waals surface area (Å²) in [6, 6.07) is 6.51. The minimum Gasteiger partial charge on any atom is -0.496 e. The highest BCUT2D eigenvalue weighted by Crippen LogP contribution is 2.25. The molecule has 1 heterocycles. The molecule has 0 saturated heterocycles. The summed E-state index contributed by atoms with van der Waals surface area (Å²) in [4.78, 5) is 4.39. The first-order valence-electron chi connectivity index (χ1n) is 6.47. The average molecular weight is 259 g/mol. The Morgan fingerprint density at radius 3 is 3.00 bits per heavy atom. The zero-order valence-electron chi connectivity index (χ0n) is 11.1. The van der Waals surface area contributed by atoms with Gasteiger partial charge in [0.05, 0.1) is 13.7 Å². The minimum atomic E-state index is 0.533. The number of benzene rings is 1. The normalized spacial score (nSPS) is 14.6. The molecule has 0 atom stereocenters. The number of hydrogen-bond acceptors (Lipinski definition) is 5. The molecule has 0 spiro atoms. The Balaban J connectivity index is 1.77. The fourth-order valence-electron chi connectivity index (χ4n) is 1.92. The fourth-order valence-corrected chi connectivity index (χ4v) is 1.92. The van der Waals surface area contributed by atoms with Crippen LogP contribution in [0.3, 0.4) is 0 Å². The highest BCUT2D eigenvalue weighted by Gasteiger charge is 2.21.